The highest BCUT2D eigenvalue weighted by Gasteiger charge is 2.07. The van der Waals surface area contributed by atoms with E-state index in [0.29, 0.717) is 12.1 Å². The van der Waals surface area contributed by atoms with Crippen LogP contribution in [0.4, 0.5) is 0 Å². The lowest BCUT2D eigenvalue weighted by atomic mass is 10.1. The summed E-state index contributed by atoms with van der Waals surface area (Å²) in [5.41, 5.74) is 8.80. The van der Waals surface area contributed by atoms with Gasteiger partial charge < -0.3 is 5.73 Å². The standard InChI is InChI=1S/C18H20BrN3/c19-18-7-5-15(6-8-18)13-22(10-2-9-20)14-17-4-1-3-16(11-17)12-21/h1,3-8,11H,2,9-10,13-14,20H2. The van der Waals surface area contributed by atoms with Gasteiger partial charge in [0.05, 0.1) is 11.6 Å². The van der Waals surface area contributed by atoms with Crippen LogP contribution in [-0.2, 0) is 13.1 Å². The number of nitrogens with zero attached hydrogens (tertiary/aromatic N) is 2. The predicted octanol–water partition coefficient (Wildman–Crippen LogP) is 3.67. The number of hydrogen-bond acceptors (Lipinski definition) is 3. The third-order valence-electron chi connectivity index (χ3n) is 3.46. The number of halogens is 1. The zero-order chi connectivity index (χ0) is 15.8. The molecule has 0 spiro atoms. The van der Waals surface area contributed by atoms with Gasteiger partial charge in [-0.05, 0) is 48.4 Å². The molecule has 0 amide bonds. The Bertz CT molecular complexity index is 632. The largest absolute Gasteiger partial charge is 0.330 e. The molecule has 0 saturated heterocycles. The second kappa shape index (κ2) is 8.70. The smallest absolute Gasteiger partial charge is 0.0991 e. The second-order valence-electron chi connectivity index (χ2n) is 5.29. The van der Waals surface area contributed by atoms with E-state index in [4.69, 9.17) is 11.0 Å². The van der Waals surface area contributed by atoms with Crippen LogP contribution in [0.1, 0.15) is 23.1 Å². The number of benzene rings is 2. The van der Waals surface area contributed by atoms with Gasteiger partial charge >= 0.3 is 0 Å². The summed E-state index contributed by atoms with van der Waals surface area (Å²) in [6.07, 6.45) is 0.967. The molecule has 0 heterocycles. The molecule has 114 valence electrons. The topological polar surface area (TPSA) is 53.0 Å². The molecule has 0 fully saturated rings. The van der Waals surface area contributed by atoms with E-state index in [2.05, 4.69) is 57.2 Å². The van der Waals surface area contributed by atoms with Gasteiger partial charge in [-0.1, -0.05) is 40.2 Å². The van der Waals surface area contributed by atoms with Crippen molar-refractivity contribution in [1.29, 1.82) is 5.26 Å². The van der Waals surface area contributed by atoms with Crippen molar-refractivity contribution in [2.75, 3.05) is 13.1 Å². The quantitative estimate of drug-likeness (QED) is 0.822. The van der Waals surface area contributed by atoms with Gasteiger partial charge in [0.2, 0.25) is 0 Å². The van der Waals surface area contributed by atoms with E-state index >= 15 is 0 Å². The molecule has 2 aromatic rings. The van der Waals surface area contributed by atoms with Crippen LogP contribution < -0.4 is 5.73 Å². The Kier molecular flexibility index (Phi) is 6.60. The first-order chi connectivity index (χ1) is 10.7. The normalized spacial score (nSPS) is 10.6. The molecular weight excluding hydrogens is 338 g/mol. The Balaban J connectivity index is 2.08. The van der Waals surface area contributed by atoms with Crippen LogP contribution in [0, 0.1) is 11.3 Å². The Hall–Kier alpha value is -1.67. The summed E-state index contributed by atoms with van der Waals surface area (Å²) in [6.45, 7) is 3.34. The van der Waals surface area contributed by atoms with E-state index in [1.165, 1.54) is 5.56 Å². The van der Waals surface area contributed by atoms with E-state index in [1.54, 1.807) is 0 Å². The van der Waals surface area contributed by atoms with Crippen molar-refractivity contribution in [2.24, 2.45) is 5.73 Å². The zero-order valence-electron chi connectivity index (χ0n) is 12.5. The fourth-order valence-electron chi connectivity index (χ4n) is 2.37. The lowest BCUT2D eigenvalue weighted by Crippen LogP contribution is -2.25. The predicted molar refractivity (Wildman–Crippen MR) is 93.1 cm³/mol. The minimum Gasteiger partial charge on any atom is -0.330 e. The first-order valence-corrected chi connectivity index (χ1v) is 8.16. The minimum absolute atomic E-state index is 0.690. The van der Waals surface area contributed by atoms with Crippen LogP contribution in [0.3, 0.4) is 0 Å². The van der Waals surface area contributed by atoms with E-state index in [-0.39, 0.29) is 0 Å². The van der Waals surface area contributed by atoms with E-state index < -0.39 is 0 Å². The molecule has 2 rings (SSSR count). The summed E-state index contributed by atoms with van der Waals surface area (Å²) in [6, 6.07) is 18.4. The molecule has 0 atom stereocenters. The third kappa shape index (κ3) is 5.27. The highest BCUT2D eigenvalue weighted by molar-refractivity contribution is 9.10. The van der Waals surface area contributed by atoms with Gasteiger partial charge in [0, 0.05) is 24.1 Å². The fourth-order valence-corrected chi connectivity index (χ4v) is 2.64. The molecule has 0 bridgehead atoms. The Morgan fingerprint density at radius 3 is 2.45 bits per heavy atom. The molecule has 0 aliphatic rings. The number of rotatable bonds is 7. The van der Waals surface area contributed by atoms with Crippen LogP contribution in [0.25, 0.3) is 0 Å². The molecule has 22 heavy (non-hydrogen) atoms. The second-order valence-corrected chi connectivity index (χ2v) is 6.21. The highest BCUT2D eigenvalue weighted by Crippen LogP contribution is 2.15. The van der Waals surface area contributed by atoms with E-state index in [1.807, 2.05) is 18.2 Å². The van der Waals surface area contributed by atoms with Crippen LogP contribution in [-0.4, -0.2) is 18.0 Å². The average molecular weight is 358 g/mol. The monoisotopic (exact) mass is 357 g/mol. The third-order valence-corrected chi connectivity index (χ3v) is 3.99. The molecule has 4 heteroatoms. The highest BCUT2D eigenvalue weighted by atomic mass is 79.9. The van der Waals surface area contributed by atoms with Crippen molar-refractivity contribution >= 4 is 15.9 Å². The average Bonchev–Trinajstić information content (AvgIpc) is 2.55. The zero-order valence-corrected chi connectivity index (χ0v) is 14.1. The van der Waals surface area contributed by atoms with Crippen molar-refractivity contribution < 1.29 is 0 Å². The summed E-state index contributed by atoms with van der Waals surface area (Å²) in [7, 11) is 0. The Morgan fingerprint density at radius 2 is 1.77 bits per heavy atom. The van der Waals surface area contributed by atoms with Crippen LogP contribution in [0.2, 0.25) is 0 Å². The van der Waals surface area contributed by atoms with E-state index in [9.17, 15) is 0 Å². The maximum Gasteiger partial charge on any atom is 0.0991 e. The lowest BCUT2D eigenvalue weighted by molar-refractivity contribution is 0.255. The first-order valence-electron chi connectivity index (χ1n) is 7.37. The summed E-state index contributed by atoms with van der Waals surface area (Å²) in [5.74, 6) is 0. The van der Waals surface area contributed by atoms with Crippen LogP contribution in [0.5, 0.6) is 0 Å². The van der Waals surface area contributed by atoms with Gasteiger partial charge in [-0.15, -0.1) is 0 Å². The van der Waals surface area contributed by atoms with Gasteiger partial charge in [-0.2, -0.15) is 5.26 Å². The first kappa shape index (κ1) is 16.7. The van der Waals surface area contributed by atoms with Gasteiger partial charge in [0.25, 0.3) is 0 Å². The van der Waals surface area contributed by atoms with Crippen molar-refractivity contribution in [2.45, 2.75) is 19.5 Å². The van der Waals surface area contributed by atoms with Gasteiger partial charge in [-0.3, -0.25) is 4.90 Å². The maximum atomic E-state index is 9.01. The molecule has 2 aromatic carbocycles. The molecule has 0 aliphatic carbocycles. The van der Waals surface area contributed by atoms with Crippen LogP contribution >= 0.6 is 15.9 Å². The van der Waals surface area contributed by atoms with Crippen molar-refractivity contribution in [3.63, 3.8) is 0 Å². The van der Waals surface area contributed by atoms with Gasteiger partial charge in [-0.25, -0.2) is 0 Å². The maximum absolute atomic E-state index is 9.01. The number of nitriles is 1. The molecule has 0 aromatic heterocycles. The molecule has 0 unspecified atom stereocenters. The van der Waals surface area contributed by atoms with Gasteiger partial charge in [0.1, 0.15) is 0 Å². The summed E-state index contributed by atoms with van der Waals surface area (Å²) < 4.78 is 1.09. The summed E-state index contributed by atoms with van der Waals surface area (Å²) in [4.78, 5) is 2.37. The fraction of sp³-hybridized carbons (Fsp3) is 0.278. The van der Waals surface area contributed by atoms with E-state index in [0.717, 1.165) is 36.1 Å². The Labute approximate surface area is 140 Å². The molecular formula is C18H20BrN3. The SMILES string of the molecule is N#Cc1cccc(CN(CCCN)Cc2ccc(Br)cc2)c1. The van der Waals surface area contributed by atoms with Crippen molar-refractivity contribution in [1.82, 2.24) is 4.90 Å². The number of nitrogens with two attached hydrogens (primary N) is 1. The summed E-state index contributed by atoms with van der Waals surface area (Å²) >= 11 is 3.46. The molecule has 0 radical (unpaired) electrons. The van der Waals surface area contributed by atoms with Crippen molar-refractivity contribution in [3.8, 4) is 6.07 Å². The molecule has 3 nitrogen and oxygen atoms in total. The lowest BCUT2D eigenvalue weighted by Gasteiger charge is -2.22. The summed E-state index contributed by atoms with van der Waals surface area (Å²) in [5, 5.41) is 9.01. The minimum atomic E-state index is 0.690. The molecule has 0 saturated carbocycles. The number of hydrogen-bond donors (Lipinski definition) is 1. The Morgan fingerprint density at radius 1 is 1.05 bits per heavy atom. The van der Waals surface area contributed by atoms with Crippen LogP contribution in [0.15, 0.2) is 53.0 Å². The van der Waals surface area contributed by atoms with Crippen molar-refractivity contribution in [3.05, 3.63) is 69.7 Å². The molecule has 0 aliphatic heterocycles. The molecule has 2 N–H and O–H groups in total. The van der Waals surface area contributed by atoms with Gasteiger partial charge in [0.15, 0.2) is 0 Å².